The van der Waals surface area contributed by atoms with E-state index >= 15 is 0 Å². The first-order chi connectivity index (χ1) is 11.7. The molecule has 2 aromatic rings. The van der Waals surface area contributed by atoms with E-state index in [0.29, 0.717) is 13.0 Å². The molecule has 0 radical (unpaired) electrons. The molecule has 1 amide bonds. The van der Waals surface area contributed by atoms with Crippen LogP contribution >= 0.6 is 0 Å². The molecule has 0 atom stereocenters. The summed E-state index contributed by atoms with van der Waals surface area (Å²) >= 11 is 0. The monoisotopic (exact) mass is 322 g/mol. The van der Waals surface area contributed by atoms with Gasteiger partial charge in [-0.1, -0.05) is 54.1 Å². The number of carbonyl (C=O) groups is 1. The van der Waals surface area contributed by atoms with Crippen molar-refractivity contribution in [3.05, 3.63) is 70.8 Å². The highest BCUT2D eigenvalue weighted by Gasteiger charge is 2.13. The Morgan fingerprint density at radius 1 is 1.00 bits per heavy atom. The molecule has 3 rings (SSSR count). The summed E-state index contributed by atoms with van der Waals surface area (Å²) in [6, 6.07) is 16.6. The average molecular weight is 322 g/mol. The van der Waals surface area contributed by atoms with Crippen molar-refractivity contribution in [3.63, 3.8) is 0 Å². The number of nitrogens with one attached hydrogen (secondary N) is 1. The summed E-state index contributed by atoms with van der Waals surface area (Å²) in [5, 5.41) is 3.07. The molecule has 1 heterocycles. The molecule has 0 aliphatic carbocycles. The molecule has 1 N–H and O–H groups in total. The molecule has 24 heavy (non-hydrogen) atoms. The van der Waals surface area contributed by atoms with Gasteiger partial charge < -0.3 is 5.32 Å². The normalized spacial score (nSPS) is 14.7. The molecule has 0 bridgehead atoms. The molecule has 3 nitrogen and oxygen atoms in total. The first kappa shape index (κ1) is 16.7. The van der Waals surface area contributed by atoms with Crippen LogP contribution in [0.2, 0.25) is 0 Å². The quantitative estimate of drug-likeness (QED) is 0.883. The minimum atomic E-state index is 0.0785. The van der Waals surface area contributed by atoms with Crippen molar-refractivity contribution in [1.29, 1.82) is 0 Å². The molecular weight excluding hydrogens is 296 g/mol. The van der Waals surface area contributed by atoms with Crippen molar-refractivity contribution in [2.75, 3.05) is 13.1 Å². The molecule has 0 unspecified atom stereocenters. The molecule has 1 aliphatic rings. The molecule has 126 valence electrons. The highest BCUT2D eigenvalue weighted by molar-refractivity contribution is 5.78. The van der Waals surface area contributed by atoms with Crippen molar-refractivity contribution in [2.45, 2.75) is 39.3 Å². The second kappa shape index (κ2) is 8.11. The van der Waals surface area contributed by atoms with Crippen LogP contribution < -0.4 is 5.32 Å². The predicted octanol–water partition coefficient (Wildman–Crippen LogP) is 3.45. The third-order valence-corrected chi connectivity index (χ3v) is 4.67. The lowest BCUT2D eigenvalue weighted by molar-refractivity contribution is -0.120. The van der Waals surface area contributed by atoms with Gasteiger partial charge in [0.1, 0.15) is 0 Å². The summed E-state index contributed by atoms with van der Waals surface area (Å²) in [5.74, 6) is 0.0785. The van der Waals surface area contributed by atoms with E-state index in [2.05, 4.69) is 41.4 Å². The van der Waals surface area contributed by atoms with Crippen molar-refractivity contribution in [2.24, 2.45) is 0 Å². The molecule has 0 aromatic heterocycles. The van der Waals surface area contributed by atoms with Gasteiger partial charge in [0, 0.05) is 13.1 Å². The molecule has 1 saturated heterocycles. The van der Waals surface area contributed by atoms with Crippen LogP contribution in [0.25, 0.3) is 0 Å². The van der Waals surface area contributed by atoms with Crippen LogP contribution in [0, 0.1) is 6.92 Å². The molecule has 2 aromatic carbocycles. The summed E-state index contributed by atoms with van der Waals surface area (Å²) in [7, 11) is 0. The van der Waals surface area contributed by atoms with E-state index in [1.807, 2.05) is 24.3 Å². The number of benzene rings is 2. The van der Waals surface area contributed by atoms with Crippen molar-refractivity contribution < 1.29 is 4.79 Å². The number of aryl methyl sites for hydroxylation is 1. The van der Waals surface area contributed by atoms with E-state index < -0.39 is 0 Å². The molecule has 3 heteroatoms. The van der Waals surface area contributed by atoms with Crippen LogP contribution in [0.15, 0.2) is 48.5 Å². The SMILES string of the molecule is Cc1ccc(CC(=O)NCc2ccccc2CN2CCCC2)cc1. The second-order valence-electron chi connectivity index (χ2n) is 6.69. The van der Waals surface area contributed by atoms with E-state index in [-0.39, 0.29) is 5.91 Å². The maximum Gasteiger partial charge on any atom is 0.224 e. The third kappa shape index (κ3) is 4.68. The number of nitrogens with zero attached hydrogens (tertiary/aromatic N) is 1. The van der Waals surface area contributed by atoms with Crippen LogP contribution in [-0.4, -0.2) is 23.9 Å². The summed E-state index contributed by atoms with van der Waals surface area (Å²) < 4.78 is 0. The molecule has 1 aliphatic heterocycles. The zero-order valence-corrected chi connectivity index (χ0v) is 14.4. The Morgan fingerprint density at radius 3 is 2.38 bits per heavy atom. The van der Waals surface area contributed by atoms with Gasteiger partial charge in [-0.3, -0.25) is 9.69 Å². The minimum Gasteiger partial charge on any atom is -0.352 e. The standard InChI is InChI=1S/C21H26N2O/c1-17-8-10-18(11-9-17)14-21(24)22-15-19-6-2-3-7-20(19)16-23-12-4-5-13-23/h2-3,6-11H,4-5,12-16H2,1H3,(H,22,24). The fraction of sp³-hybridized carbons (Fsp3) is 0.381. The predicted molar refractivity (Wildman–Crippen MR) is 97.7 cm³/mol. The van der Waals surface area contributed by atoms with Gasteiger partial charge in [-0.25, -0.2) is 0 Å². The second-order valence-corrected chi connectivity index (χ2v) is 6.69. The maximum atomic E-state index is 12.2. The van der Waals surface area contributed by atoms with E-state index in [1.165, 1.54) is 42.6 Å². The number of likely N-dealkylation sites (tertiary alicyclic amines) is 1. The van der Waals surface area contributed by atoms with Gasteiger partial charge in [0.15, 0.2) is 0 Å². The largest absolute Gasteiger partial charge is 0.352 e. The Balaban J connectivity index is 1.55. The van der Waals surface area contributed by atoms with Gasteiger partial charge in [0.2, 0.25) is 5.91 Å². The van der Waals surface area contributed by atoms with E-state index in [1.54, 1.807) is 0 Å². The molecule has 0 spiro atoms. The third-order valence-electron chi connectivity index (χ3n) is 4.67. The van der Waals surface area contributed by atoms with Gasteiger partial charge in [-0.2, -0.15) is 0 Å². The lowest BCUT2D eigenvalue weighted by Gasteiger charge is -2.17. The van der Waals surface area contributed by atoms with Gasteiger partial charge >= 0.3 is 0 Å². The number of hydrogen-bond donors (Lipinski definition) is 1. The lowest BCUT2D eigenvalue weighted by atomic mass is 10.1. The van der Waals surface area contributed by atoms with E-state index in [0.717, 1.165) is 12.1 Å². The van der Waals surface area contributed by atoms with Gasteiger partial charge in [-0.15, -0.1) is 0 Å². The van der Waals surface area contributed by atoms with Gasteiger partial charge in [-0.05, 0) is 49.5 Å². The zero-order valence-electron chi connectivity index (χ0n) is 14.4. The summed E-state index contributed by atoms with van der Waals surface area (Å²) in [6.45, 7) is 6.03. The van der Waals surface area contributed by atoms with Crippen LogP contribution in [0.5, 0.6) is 0 Å². The summed E-state index contributed by atoms with van der Waals surface area (Å²) in [5.41, 5.74) is 4.83. The first-order valence-electron chi connectivity index (χ1n) is 8.82. The summed E-state index contributed by atoms with van der Waals surface area (Å²) in [4.78, 5) is 14.7. The molecule has 1 fully saturated rings. The fourth-order valence-electron chi connectivity index (χ4n) is 3.21. The van der Waals surface area contributed by atoms with Crippen LogP contribution in [0.1, 0.15) is 35.1 Å². The Kier molecular flexibility index (Phi) is 5.65. The summed E-state index contributed by atoms with van der Waals surface area (Å²) in [6.07, 6.45) is 3.04. The topological polar surface area (TPSA) is 32.3 Å². The van der Waals surface area contributed by atoms with Crippen molar-refractivity contribution in [1.82, 2.24) is 10.2 Å². The Bertz CT molecular complexity index is 672. The smallest absolute Gasteiger partial charge is 0.224 e. The number of carbonyl (C=O) groups excluding carboxylic acids is 1. The molecular formula is C21H26N2O. The zero-order chi connectivity index (χ0) is 16.8. The van der Waals surface area contributed by atoms with E-state index in [4.69, 9.17) is 0 Å². The number of amides is 1. The van der Waals surface area contributed by atoms with Gasteiger partial charge in [0.25, 0.3) is 0 Å². The average Bonchev–Trinajstić information content (AvgIpc) is 3.09. The van der Waals surface area contributed by atoms with Crippen LogP contribution in [-0.2, 0) is 24.3 Å². The maximum absolute atomic E-state index is 12.2. The molecule has 0 saturated carbocycles. The van der Waals surface area contributed by atoms with Crippen molar-refractivity contribution >= 4 is 5.91 Å². The minimum absolute atomic E-state index is 0.0785. The Morgan fingerprint density at radius 2 is 1.67 bits per heavy atom. The van der Waals surface area contributed by atoms with Crippen LogP contribution in [0.4, 0.5) is 0 Å². The van der Waals surface area contributed by atoms with Gasteiger partial charge in [0.05, 0.1) is 6.42 Å². The number of hydrogen-bond acceptors (Lipinski definition) is 2. The Hall–Kier alpha value is -2.13. The first-order valence-corrected chi connectivity index (χ1v) is 8.82. The Labute approximate surface area is 144 Å². The fourth-order valence-corrected chi connectivity index (χ4v) is 3.21. The highest BCUT2D eigenvalue weighted by atomic mass is 16.1. The van der Waals surface area contributed by atoms with Crippen molar-refractivity contribution in [3.8, 4) is 0 Å². The lowest BCUT2D eigenvalue weighted by Crippen LogP contribution is -2.26. The van der Waals surface area contributed by atoms with E-state index in [9.17, 15) is 4.79 Å². The number of rotatable bonds is 6. The van der Waals surface area contributed by atoms with Crippen LogP contribution in [0.3, 0.4) is 0 Å². The highest BCUT2D eigenvalue weighted by Crippen LogP contribution is 2.16.